The molecule has 0 saturated carbocycles. The number of nitro groups is 1. The van der Waals surface area contributed by atoms with Crippen LogP contribution in [-0.2, 0) is 16.1 Å². The number of carbonyl (C=O) groups excluding carboxylic acids is 1. The summed E-state index contributed by atoms with van der Waals surface area (Å²) in [4.78, 5) is 34.3. The number of carboxylic acid groups (broad SMARTS) is 1. The van der Waals surface area contributed by atoms with E-state index in [1.165, 1.54) is 28.9 Å². The lowest BCUT2D eigenvalue weighted by atomic mass is 10.2. The van der Waals surface area contributed by atoms with Crippen molar-refractivity contribution in [2.45, 2.75) is 12.6 Å². The molecule has 2 heterocycles. The lowest BCUT2D eigenvalue weighted by molar-refractivity contribution is -0.389. The molecule has 1 aromatic heterocycles. The highest BCUT2D eigenvalue weighted by molar-refractivity contribution is 7.99. The third-order valence-corrected chi connectivity index (χ3v) is 3.87. The number of carboxylic acids is 1. The summed E-state index contributed by atoms with van der Waals surface area (Å²) in [6.07, 6.45) is 1.32. The van der Waals surface area contributed by atoms with Gasteiger partial charge in [0, 0.05) is 18.1 Å². The molecule has 0 aliphatic carbocycles. The van der Waals surface area contributed by atoms with Gasteiger partial charge in [-0.25, -0.2) is 4.79 Å². The Hall–Kier alpha value is -2.10. The molecule has 0 radical (unpaired) electrons. The zero-order chi connectivity index (χ0) is 14.7. The monoisotopic (exact) mass is 300 g/mol. The molecule has 1 amide bonds. The Morgan fingerprint density at radius 2 is 2.35 bits per heavy atom. The van der Waals surface area contributed by atoms with Gasteiger partial charge >= 0.3 is 11.8 Å². The van der Waals surface area contributed by atoms with E-state index in [9.17, 15) is 19.7 Å². The van der Waals surface area contributed by atoms with Gasteiger partial charge in [0.05, 0.1) is 17.4 Å². The minimum Gasteiger partial charge on any atom is -0.480 e. The van der Waals surface area contributed by atoms with Crippen LogP contribution in [0.15, 0.2) is 12.3 Å². The van der Waals surface area contributed by atoms with Crippen LogP contribution in [-0.4, -0.2) is 60.7 Å². The molecule has 1 aliphatic heterocycles. The van der Waals surface area contributed by atoms with Crippen molar-refractivity contribution in [3.8, 4) is 0 Å². The van der Waals surface area contributed by atoms with E-state index in [0.717, 1.165) is 4.68 Å². The first-order chi connectivity index (χ1) is 9.49. The second-order valence-electron chi connectivity index (χ2n) is 4.14. The summed E-state index contributed by atoms with van der Waals surface area (Å²) in [5.74, 6) is -0.774. The molecule has 1 aromatic rings. The fourth-order valence-electron chi connectivity index (χ4n) is 1.87. The van der Waals surface area contributed by atoms with Crippen LogP contribution >= 0.6 is 11.8 Å². The van der Waals surface area contributed by atoms with Gasteiger partial charge < -0.3 is 20.1 Å². The molecule has 0 bridgehead atoms. The zero-order valence-corrected chi connectivity index (χ0v) is 11.2. The van der Waals surface area contributed by atoms with Crippen LogP contribution in [0.2, 0.25) is 0 Å². The Morgan fingerprint density at radius 3 is 2.95 bits per heavy atom. The third kappa shape index (κ3) is 3.07. The van der Waals surface area contributed by atoms with Gasteiger partial charge in [0.15, 0.2) is 0 Å². The maximum atomic E-state index is 12.1. The summed E-state index contributed by atoms with van der Waals surface area (Å²) in [7, 11) is 0. The highest BCUT2D eigenvalue weighted by Gasteiger charge is 2.32. The number of thioether (sulfide) groups is 1. The van der Waals surface area contributed by atoms with Crippen LogP contribution in [0, 0.1) is 10.1 Å². The first kappa shape index (κ1) is 14.3. The van der Waals surface area contributed by atoms with E-state index in [0.29, 0.717) is 18.1 Å². The molecule has 0 aromatic carbocycles. The summed E-state index contributed by atoms with van der Waals surface area (Å²) in [6, 6.07) is 0.334. The lowest BCUT2D eigenvalue weighted by Crippen LogP contribution is -2.51. The van der Waals surface area contributed by atoms with E-state index in [4.69, 9.17) is 5.11 Å². The predicted octanol–water partition coefficient (Wildman–Crippen LogP) is -0.180. The molecular weight excluding hydrogens is 288 g/mol. The first-order valence-corrected chi connectivity index (χ1v) is 6.92. The molecular formula is C10H12N4O5S. The fourth-order valence-corrected chi connectivity index (χ4v) is 2.91. The van der Waals surface area contributed by atoms with Crippen molar-refractivity contribution in [3.05, 3.63) is 22.4 Å². The molecule has 9 nitrogen and oxygen atoms in total. The Balaban J connectivity index is 2.05. The minimum atomic E-state index is -1.04. The highest BCUT2D eigenvalue weighted by atomic mass is 32.2. The lowest BCUT2D eigenvalue weighted by Gasteiger charge is -2.32. The molecule has 1 atom stereocenters. The zero-order valence-electron chi connectivity index (χ0n) is 10.3. The number of rotatable bonds is 4. The molecule has 1 N–H and O–H groups in total. The average molecular weight is 300 g/mol. The Labute approximate surface area is 117 Å². The summed E-state index contributed by atoms with van der Waals surface area (Å²) in [5.41, 5.74) is 0. The molecule has 1 aliphatic rings. The Bertz CT molecular complexity index is 546. The fraction of sp³-hybridized carbons (Fsp3) is 0.500. The molecule has 1 fully saturated rings. The van der Waals surface area contributed by atoms with E-state index < -0.39 is 22.8 Å². The van der Waals surface area contributed by atoms with E-state index in [-0.39, 0.29) is 12.4 Å². The summed E-state index contributed by atoms with van der Waals surface area (Å²) in [5, 5.41) is 23.2. The summed E-state index contributed by atoms with van der Waals surface area (Å²) >= 11 is 1.48. The molecule has 1 unspecified atom stereocenters. The van der Waals surface area contributed by atoms with Crippen LogP contribution in [0.5, 0.6) is 0 Å². The number of hydrogen-bond donors (Lipinski definition) is 1. The number of aliphatic carboxylic acids is 1. The number of nitrogens with zero attached hydrogens (tertiary/aromatic N) is 4. The SMILES string of the molecule is O=C(O)C1CSCCN1C(=O)Cn1ccc([N+](=O)[O-])n1. The quantitative estimate of drug-likeness (QED) is 0.605. The predicted molar refractivity (Wildman–Crippen MR) is 69.3 cm³/mol. The van der Waals surface area contributed by atoms with Gasteiger partial charge in [-0.1, -0.05) is 0 Å². The van der Waals surface area contributed by atoms with Crippen LogP contribution in [0.25, 0.3) is 0 Å². The van der Waals surface area contributed by atoms with Gasteiger partial charge in [-0.05, 0) is 4.92 Å². The van der Waals surface area contributed by atoms with Gasteiger partial charge in [-0.15, -0.1) is 0 Å². The number of aromatic nitrogens is 2. The van der Waals surface area contributed by atoms with Crippen LogP contribution < -0.4 is 0 Å². The van der Waals surface area contributed by atoms with E-state index in [1.807, 2.05) is 0 Å². The largest absolute Gasteiger partial charge is 0.480 e. The van der Waals surface area contributed by atoms with Crippen molar-refractivity contribution in [1.82, 2.24) is 14.7 Å². The van der Waals surface area contributed by atoms with Gasteiger partial charge in [0.2, 0.25) is 5.91 Å². The van der Waals surface area contributed by atoms with Crippen molar-refractivity contribution < 1.29 is 19.6 Å². The summed E-state index contributed by atoms with van der Waals surface area (Å²) in [6.45, 7) is 0.145. The normalized spacial score (nSPS) is 18.8. The van der Waals surface area contributed by atoms with Crippen LogP contribution in [0.4, 0.5) is 5.82 Å². The highest BCUT2D eigenvalue weighted by Crippen LogP contribution is 2.17. The van der Waals surface area contributed by atoms with E-state index >= 15 is 0 Å². The van der Waals surface area contributed by atoms with E-state index in [1.54, 1.807) is 0 Å². The van der Waals surface area contributed by atoms with Crippen molar-refractivity contribution in [3.63, 3.8) is 0 Å². The van der Waals surface area contributed by atoms with Crippen LogP contribution in [0.1, 0.15) is 0 Å². The standard InChI is InChI=1S/C10H12N4O5S/c15-9(5-12-2-1-8(11-12)14(18)19)13-3-4-20-6-7(13)10(16)17/h1-2,7H,3-6H2,(H,16,17). The first-order valence-electron chi connectivity index (χ1n) is 5.77. The van der Waals surface area contributed by atoms with Crippen molar-refractivity contribution in [2.24, 2.45) is 0 Å². The topological polar surface area (TPSA) is 119 Å². The summed E-state index contributed by atoms with van der Waals surface area (Å²) < 4.78 is 1.14. The number of carbonyl (C=O) groups is 2. The number of hydrogen-bond acceptors (Lipinski definition) is 6. The Morgan fingerprint density at radius 1 is 1.60 bits per heavy atom. The van der Waals surface area contributed by atoms with Crippen molar-refractivity contribution >= 4 is 29.5 Å². The van der Waals surface area contributed by atoms with Crippen molar-refractivity contribution in [2.75, 3.05) is 18.1 Å². The molecule has 2 rings (SSSR count). The number of amides is 1. The van der Waals surface area contributed by atoms with Gasteiger partial charge in [-0.2, -0.15) is 16.4 Å². The molecule has 1 saturated heterocycles. The van der Waals surface area contributed by atoms with Gasteiger partial charge in [0.1, 0.15) is 12.6 Å². The Kier molecular flexibility index (Phi) is 4.23. The molecule has 10 heteroatoms. The maximum Gasteiger partial charge on any atom is 0.389 e. The van der Waals surface area contributed by atoms with Gasteiger partial charge in [0.25, 0.3) is 0 Å². The molecule has 108 valence electrons. The average Bonchev–Trinajstić information content (AvgIpc) is 2.87. The molecule has 20 heavy (non-hydrogen) atoms. The molecule has 0 spiro atoms. The van der Waals surface area contributed by atoms with Crippen molar-refractivity contribution in [1.29, 1.82) is 0 Å². The maximum absolute atomic E-state index is 12.1. The smallest absolute Gasteiger partial charge is 0.389 e. The third-order valence-electron chi connectivity index (χ3n) is 2.84. The van der Waals surface area contributed by atoms with Gasteiger partial charge in [-0.3, -0.25) is 4.79 Å². The van der Waals surface area contributed by atoms with Crippen LogP contribution in [0.3, 0.4) is 0 Å². The second-order valence-corrected chi connectivity index (χ2v) is 5.29. The minimum absolute atomic E-state index is 0.206. The second kappa shape index (κ2) is 5.90. The van der Waals surface area contributed by atoms with E-state index in [2.05, 4.69) is 5.10 Å².